The Morgan fingerprint density at radius 3 is 2.79 bits per heavy atom. The largest absolute Gasteiger partial charge is 0.494 e. The van der Waals surface area contributed by atoms with Crippen LogP contribution in [0.1, 0.15) is 6.92 Å². The molecule has 0 saturated carbocycles. The van der Waals surface area contributed by atoms with E-state index < -0.39 is 11.9 Å². The summed E-state index contributed by atoms with van der Waals surface area (Å²) in [6.45, 7) is 2.05. The Morgan fingerprint density at radius 1 is 1.57 bits per heavy atom. The zero-order valence-electron chi connectivity index (χ0n) is 8.25. The molecule has 2 N–H and O–H groups in total. The number of hydrogen-bond donors (Lipinski definition) is 2. The lowest BCUT2D eigenvalue weighted by Gasteiger charge is -2.09. The minimum absolute atomic E-state index is 0.215. The van der Waals surface area contributed by atoms with E-state index in [0.29, 0.717) is 12.2 Å². The zero-order chi connectivity index (χ0) is 10.6. The maximum absolute atomic E-state index is 13.1. The SMILES string of the molecule is COc1ccc(NC[C@H](C)O)cc1F. The standard InChI is InChI=1S/C10H14FNO2/c1-7(13)6-12-8-3-4-10(14-2)9(11)5-8/h3-5,7,12-13H,6H2,1-2H3/t7-/m0/s1. The van der Waals surface area contributed by atoms with E-state index in [1.165, 1.54) is 13.2 Å². The fraction of sp³-hybridized carbons (Fsp3) is 0.400. The predicted octanol–water partition coefficient (Wildman–Crippen LogP) is 1.63. The van der Waals surface area contributed by atoms with Crippen molar-refractivity contribution >= 4 is 5.69 Å². The Labute approximate surface area is 82.5 Å². The van der Waals surface area contributed by atoms with Crippen LogP contribution in [-0.4, -0.2) is 24.9 Å². The van der Waals surface area contributed by atoms with Gasteiger partial charge >= 0.3 is 0 Å². The van der Waals surface area contributed by atoms with Crippen molar-refractivity contribution in [1.29, 1.82) is 0 Å². The highest BCUT2D eigenvalue weighted by Gasteiger charge is 2.03. The van der Waals surface area contributed by atoms with Gasteiger partial charge in [-0.05, 0) is 19.1 Å². The molecule has 0 amide bonds. The molecule has 1 rings (SSSR count). The average Bonchev–Trinajstić information content (AvgIpc) is 2.15. The third-order valence-corrected chi connectivity index (χ3v) is 1.75. The van der Waals surface area contributed by atoms with Crippen molar-refractivity contribution in [3.63, 3.8) is 0 Å². The van der Waals surface area contributed by atoms with Crippen molar-refractivity contribution in [2.24, 2.45) is 0 Å². The topological polar surface area (TPSA) is 41.5 Å². The van der Waals surface area contributed by atoms with Crippen molar-refractivity contribution in [2.45, 2.75) is 13.0 Å². The van der Waals surface area contributed by atoms with Gasteiger partial charge in [-0.1, -0.05) is 0 Å². The molecule has 14 heavy (non-hydrogen) atoms. The van der Waals surface area contributed by atoms with Gasteiger partial charge in [0.25, 0.3) is 0 Å². The minimum atomic E-state index is -0.458. The van der Waals surface area contributed by atoms with Gasteiger partial charge in [-0.2, -0.15) is 0 Å². The Morgan fingerprint density at radius 2 is 2.29 bits per heavy atom. The third kappa shape index (κ3) is 2.88. The third-order valence-electron chi connectivity index (χ3n) is 1.75. The average molecular weight is 199 g/mol. The molecule has 0 radical (unpaired) electrons. The molecule has 0 aliphatic rings. The molecule has 0 spiro atoms. The quantitative estimate of drug-likeness (QED) is 0.774. The second kappa shape index (κ2) is 4.81. The number of aliphatic hydroxyl groups excluding tert-OH is 1. The van der Waals surface area contributed by atoms with Crippen molar-refractivity contribution in [3.8, 4) is 5.75 Å². The van der Waals surface area contributed by atoms with Crippen LogP contribution in [0.4, 0.5) is 10.1 Å². The van der Waals surface area contributed by atoms with Gasteiger partial charge in [-0.25, -0.2) is 4.39 Å². The van der Waals surface area contributed by atoms with E-state index >= 15 is 0 Å². The number of hydrogen-bond acceptors (Lipinski definition) is 3. The van der Waals surface area contributed by atoms with E-state index in [-0.39, 0.29) is 5.75 Å². The number of nitrogens with one attached hydrogen (secondary N) is 1. The van der Waals surface area contributed by atoms with Gasteiger partial charge in [-0.15, -0.1) is 0 Å². The van der Waals surface area contributed by atoms with Crippen LogP contribution >= 0.6 is 0 Å². The number of benzene rings is 1. The number of ether oxygens (including phenoxy) is 1. The Hall–Kier alpha value is -1.29. The van der Waals surface area contributed by atoms with Gasteiger partial charge in [0.2, 0.25) is 0 Å². The summed E-state index contributed by atoms with van der Waals surface area (Å²) in [5.41, 5.74) is 0.629. The molecule has 0 aliphatic carbocycles. The van der Waals surface area contributed by atoms with Crippen molar-refractivity contribution in [3.05, 3.63) is 24.0 Å². The lowest BCUT2D eigenvalue weighted by Crippen LogP contribution is -2.15. The second-order valence-electron chi connectivity index (χ2n) is 3.08. The summed E-state index contributed by atoms with van der Waals surface area (Å²) in [6.07, 6.45) is -0.458. The van der Waals surface area contributed by atoms with Gasteiger partial charge in [0.05, 0.1) is 13.2 Å². The van der Waals surface area contributed by atoms with Crippen molar-refractivity contribution < 1.29 is 14.2 Å². The summed E-state index contributed by atoms with van der Waals surface area (Å²) in [7, 11) is 1.42. The van der Waals surface area contributed by atoms with Gasteiger partial charge < -0.3 is 15.2 Å². The maximum Gasteiger partial charge on any atom is 0.167 e. The molecule has 1 aromatic carbocycles. The molecular weight excluding hydrogens is 185 g/mol. The molecular formula is C10H14FNO2. The molecule has 0 bridgehead atoms. The van der Waals surface area contributed by atoms with Crippen LogP contribution in [0.15, 0.2) is 18.2 Å². The monoisotopic (exact) mass is 199 g/mol. The summed E-state index contributed by atoms with van der Waals surface area (Å²) in [4.78, 5) is 0. The van der Waals surface area contributed by atoms with E-state index in [9.17, 15) is 4.39 Å². The van der Waals surface area contributed by atoms with Crippen molar-refractivity contribution in [2.75, 3.05) is 19.0 Å². The molecule has 78 valence electrons. The van der Waals surface area contributed by atoms with Crippen LogP contribution in [0.5, 0.6) is 5.75 Å². The fourth-order valence-corrected chi connectivity index (χ4v) is 1.04. The first-order valence-corrected chi connectivity index (χ1v) is 4.39. The Balaban J connectivity index is 2.66. The summed E-state index contributed by atoms with van der Waals surface area (Å²) >= 11 is 0. The first-order valence-electron chi connectivity index (χ1n) is 4.39. The Kier molecular flexibility index (Phi) is 3.71. The molecule has 4 heteroatoms. The highest BCUT2D eigenvalue weighted by atomic mass is 19.1. The van der Waals surface area contributed by atoms with Crippen molar-refractivity contribution in [1.82, 2.24) is 0 Å². The van der Waals surface area contributed by atoms with E-state index in [2.05, 4.69) is 5.32 Å². The van der Waals surface area contributed by atoms with Gasteiger partial charge in [0, 0.05) is 18.3 Å². The minimum Gasteiger partial charge on any atom is -0.494 e. The van der Waals surface area contributed by atoms with Crippen LogP contribution in [0, 0.1) is 5.82 Å². The first kappa shape index (κ1) is 10.8. The first-order chi connectivity index (χ1) is 6.63. The number of methoxy groups -OCH3 is 1. The van der Waals surface area contributed by atoms with Gasteiger partial charge in [0.15, 0.2) is 11.6 Å². The summed E-state index contributed by atoms with van der Waals surface area (Å²) in [5, 5.41) is 11.9. The van der Waals surface area contributed by atoms with Gasteiger partial charge in [-0.3, -0.25) is 0 Å². The normalized spacial score (nSPS) is 12.3. The summed E-state index contributed by atoms with van der Waals surface area (Å²) in [5.74, 6) is -0.198. The van der Waals surface area contributed by atoms with E-state index in [4.69, 9.17) is 9.84 Å². The molecule has 0 aromatic heterocycles. The van der Waals surface area contributed by atoms with E-state index in [1.54, 1.807) is 19.1 Å². The van der Waals surface area contributed by atoms with Crippen LogP contribution in [0.25, 0.3) is 0 Å². The lowest BCUT2D eigenvalue weighted by atomic mass is 10.2. The number of halogens is 1. The number of anilines is 1. The Bertz CT molecular complexity index is 302. The van der Waals surface area contributed by atoms with Crippen LogP contribution in [0.3, 0.4) is 0 Å². The van der Waals surface area contributed by atoms with Gasteiger partial charge in [0.1, 0.15) is 0 Å². The molecule has 0 saturated heterocycles. The molecule has 3 nitrogen and oxygen atoms in total. The van der Waals surface area contributed by atoms with E-state index in [1.807, 2.05) is 0 Å². The molecule has 0 aliphatic heterocycles. The maximum atomic E-state index is 13.1. The molecule has 1 atom stereocenters. The molecule has 0 unspecified atom stereocenters. The highest BCUT2D eigenvalue weighted by molar-refractivity contribution is 5.47. The smallest absolute Gasteiger partial charge is 0.167 e. The highest BCUT2D eigenvalue weighted by Crippen LogP contribution is 2.20. The lowest BCUT2D eigenvalue weighted by molar-refractivity contribution is 0.208. The summed E-state index contributed by atoms with van der Waals surface area (Å²) < 4.78 is 17.9. The zero-order valence-corrected chi connectivity index (χ0v) is 8.25. The number of aliphatic hydroxyl groups is 1. The predicted molar refractivity (Wildman–Crippen MR) is 53.1 cm³/mol. The number of rotatable bonds is 4. The fourth-order valence-electron chi connectivity index (χ4n) is 1.04. The van der Waals surface area contributed by atoms with Crippen LogP contribution < -0.4 is 10.1 Å². The molecule has 0 heterocycles. The second-order valence-corrected chi connectivity index (χ2v) is 3.08. The van der Waals surface area contributed by atoms with Crippen LogP contribution in [-0.2, 0) is 0 Å². The summed E-state index contributed by atoms with van der Waals surface area (Å²) in [6, 6.07) is 4.57. The molecule has 0 fully saturated rings. The van der Waals surface area contributed by atoms with E-state index in [0.717, 1.165) is 0 Å². The molecule has 1 aromatic rings. The van der Waals surface area contributed by atoms with Crippen LogP contribution in [0.2, 0.25) is 0 Å².